The van der Waals surface area contributed by atoms with Gasteiger partial charge in [0.1, 0.15) is 5.82 Å². The van der Waals surface area contributed by atoms with Crippen LogP contribution in [0.25, 0.3) is 10.9 Å². The van der Waals surface area contributed by atoms with E-state index in [1.54, 1.807) is 28.8 Å². The van der Waals surface area contributed by atoms with Crippen LogP contribution in [0.4, 0.5) is 10.2 Å². The molecule has 0 bridgehead atoms. The SMILES string of the molecule is O=C1COc2cc(Cl)c(CNCC3CCN(CC4Cn5c(=O)ccc6ccc(F)c4c65)C3)nc2N1. The highest BCUT2D eigenvalue weighted by Gasteiger charge is 2.32. The molecule has 1 amide bonds. The summed E-state index contributed by atoms with van der Waals surface area (Å²) >= 11 is 6.35. The quantitative estimate of drug-likeness (QED) is 0.544. The van der Waals surface area contributed by atoms with Crippen molar-refractivity contribution in [3.8, 4) is 5.75 Å². The maximum atomic E-state index is 14.8. The number of amides is 1. The van der Waals surface area contributed by atoms with Gasteiger partial charge in [-0.25, -0.2) is 9.37 Å². The topological polar surface area (TPSA) is 88.5 Å². The number of likely N-dealkylation sites (tertiary alicyclic amines) is 1. The molecular formula is C25H25ClFN5O3. The normalized spacial score (nSPS) is 21.3. The fraction of sp³-hybridized carbons (Fsp3) is 0.400. The second-order valence-corrected chi connectivity index (χ2v) is 9.93. The van der Waals surface area contributed by atoms with E-state index in [1.807, 2.05) is 0 Å². The summed E-state index contributed by atoms with van der Waals surface area (Å²) in [5.41, 5.74) is 2.00. The number of nitrogens with zero attached hydrogens (tertiary/aromatic N) is 3. The van der Waals surface area contributed by atoms with Crippen LogP contribution in [0.2, 0.25) is 5.02 Å². The minimum Gasteiger partial charge on any atom is -0.480 e. The molecule has 35 heavy (non-hydrogen) atoms. The Kier molecular flexibility index (Phi) is 5.70. The summed E-state index contributed by atoms with van der Waals surface area (Å²) in [6.07, 6.45) is 1.04. The van der Waals surface area contributed by atoms with E-state index in [9.17, 15) is 14.0 Å². The number of halogens is 2. The third-order valence-corrected chi connectivity index (χ3v) is 7.48. The van der Waals surface area contributed by atoms with Crippen LogP contribution < -0.4 is 20.9 Å². The van der Waals surface area contributed by atoms with E-state index in [-0.39, 0.29) is 29.8 Å². The Balaban J connectivity index is 1.06. The molecule has 2 atom stereocenters. The third kappa shape index (κ3) is 4.17. The van der Waals surface area contributed by atoms with Crippen LogP contribution in [-0.4, -0.2) is 53.1 Å². The minimum atomic E-state index is -0.233. The molecule has 3 aliphatic rings. The van der Waals surface area contributed by atoms with Gasteiger partial charge in [0.2, 0.25) is 0 Å². The lowest BCUT2D eigenvalue weighted by molar-refractivity contribution is -0.118. The van der Waals surface area contributed by atoms with Crippen molar-refractivity contribution >= 4 is 34.2 Å². The maximum Gasteiger partial charge on any atom is 0.263 e. The summed E-state index contributed by atoms with van der Waals surface area (Å²) in [6, 6.07) is 8.28. The molecule has 3 aromatic rings. The van der Waals surface area contributed by atoms with Crippen molar-refractivity contribution < 1.29 is 13.9 Å². The van der Waals surface area contributed by atoms with Gasteiger partial charge in [-0.3, -0.25) is 9.59 Å². The van der Waals surface area contributed by atoms with Gasteiger partial charge in [0.05, 0.1) is 16.2 Å². The van der Waals surface area contributed by atoms with E-state index in [0.29, 0.717) is 46.9 Å². The number of carbonyl (C=O) groups is 1. The molecule has 2 N–H and O–H groups in total. The monoisotopic (exact) mass is 497 g/mol. The van der Waals surface area contributed by atoms with Crippen LogP contribution in [0.1, 0.15) is 23.6 Å². The van der Waals surface area contributed by atoms with E-state index in [0.717, 1.165) is 43.5 Å². The molecule has 2 aromatic heterocycles. The zero-order valence-electron chi connectivity index (χ0n) is 19.0. The fourth-order valence-electron chi connectivity index (χ4n) is 5.52. The first-order valence-electron chi connectivity index (χ1n) is 11.8. The lowest BCUT2D eigenvalue weighted by Crippen LogP contribution is -2.30. The van der Waals surface area contributed by atoms with Gasteiger partial charge in [-0.05, 0) is 49.0 Å². The Morgan fingerprint density at radius 3 is 2.97 bits per heavy atom. The van der Waals surface area contributed by atoms with Gasteiger partial charge in [0, 0.05) is 49.8 Å². The first-order valence-corrected chi connectivity index (χ1v) is 12.2. The van der Waals surface area contributed by atoms with Crippen LogP contribution in [0.5, 0.6) is 5.75 Å². The Morgan fingerprint density at radius 2 is 2.09 bits per heavy atom. The first-order chi connectivity index (χ1) is 17.0. The number of rotatable bonds is 6. The van der Waals surface area contributed by atoms with Crippen LogP contribution in [0.15, 0.2) is 35.1 Å². The number of hydrogen-bond donors (Lipinski definition) is 2. The van der Waals surface area contributed by atoms with Crippen molar-refractivity contribution in [2.75, 3.05) is 38.1 Å². The van der Waals surface area contributed by atoms with Gasteiger partial charge < -0.3 is 24.8 Å². The molecule has 5 heterocycles. The van der Waals surface area contributed by atoms with Gasteiger partial charge in [-0.2, -0.15) is 0 Å². The average molecular weight is 498 g/mol. The van der Waals surface area contributed by atoms with E-state index in [2.05, 4.69) is 20.5 Å². The lowest BCUT2D eigenvalue weighted by Gasteiger charge is -2.21. The van der Waals surface area contributed by atoms with E-state index in [1.165, 1.54) is 6.07 Å². The molecule has 182 valence electrons. The Bertz CT molecular complexity index is 1390. The fourth-order valence-corrected chi connectivity index (χ4v) is 5.73. The molecule has 1 saturated heterocycles. The van der Waals surface area contributed by atoms with E-state index >= 15 is 0 Å². The maximum absolute atomic E-state index is 14.8. The minimum absolute atomic E-state index is 0.0311. The standard InChI is InChI=1S/C25H25ClFN5O3/c26-17-7-20-25(30-21(33)13-35-20)29-19(17)9-28-8-14-5-6-31(10-14)11-16-12-32-22(34)4-2-15-1-3-18(27)23(16)24(15)32/h1-4,7,14,16,28H,5-6,8-13H2,(H,29,30,33). The number of hydrogen-bond acceptors (Lipinski definition) is 6. The molecule has 0 aliphatic carbocycles. The zero-order valence-corrected chi connectivity index (χ0v) is 19.8. The summed E-state index contributed by atoms with van der Waals surface area (Å²) in [4.78, 5) is 30.7. The first kappa shape index (κ1) is 22.5. The Labute approximate surface area is 206 Å². The molecule has 2 unspecified atom stereocenters. The van der Waals surface area contributed by atoms with Gasteiger partial charge in [0.15, 0.2) is 18.2 Å². The predicted molar refractivity (Wildman–Crippen MR) is 131 cm³/mol. The molecule has 6 rings (SSSR count). The highest BCUT2D eigenvalue weighted by Crippen LogP contribution is 2.36. The summed E-state index contributed by atoms with van der Waals surface area (Å²) in [5, 5.41) is 7.54. The summed E-state index contributed by atoms with van der Waals surface area (Å²) in [6.45, 7) is 4.33. The second-order valence-electron chi connectivity index (χ2n) is 9.52. The van der Waals surface area contributed by atoms with Crippen LogP contribution >= 0.6 is 11.6 Å². The second kappa shape index (κ2) is 8.89. The highest BCUT2D eigenvalue weighted by atomic mass is 35.5. The number of ether oxygens (including phenoxy) is 1. The van der Waals surface area contributed by atoms with Crippen molar-refractivity contribution in [2.45, 2.75) is 25.4 Å². The van der Waals surface area contributed by atoms with Crippen molar-refractivity contribution in [2.24, 2.45) is 5.92 Å². The summed E-state index contributed by atoms with van der Waals surface area (Å²) < 4.78 is 21.8. The Hall–Kier alpha value is -3.01. The largest absolute Gasteiger partial charge is 0.480 e. The van der Waals surface area contributed by atoms with Crippen LogP contribution in [-0.2, 0) is 17.9 Å². The smallest absolute Gasteiger partial charge is 0.263 e. The van der Waals surface area contributed by atoms with Gasteiger partial charge in [-0.15, -0.1) is 0 Å². The number of pyridine rings is 2. The Morgan fingerprint density at radius 1 is 1.23 bits per heavy atom. The third-order valence-electron chi connectivity index (χ3n) is 7.15. The molecule has 1 aromatic carbocycles. The predicted octanol–water partition coefficient (Wildman–Crippen LogP) is 2.73. The number of fused-ring (bicyclic) bond motifs is 1. The molecule has 0 spiro atoms. The molecule has 10 heteroatoms. The van der Waals surface area contributed by atoms with Gasteiger partial charge in [0.25, 0.3) is 11.5 Å². The van der Waals surface area contributed by atoms with E-state index < -0.39 is 0 Å². The van der Waals surface area contributed by atoms with E-state index in [4.69, 9.17) is 16.3 Å². The molecule has 8 nitrogen and oxygen atoms in total. The molecule has 0 saturated carbocycles. The number of aromatic nitrogens is 2. The number of nitrogens with one attached hydrogen (secondary N) is 2. The highest BCUT2D eigenvalue weighted by molar-refractivity contribution is 6.31. The molecule has 1 fully saturated rings. The molecule has 0 radical (unpaired) electrons. The number of carbonyl (C=O) groups excluding carboxylic acids is 1. The van der Waals surface area contributed by atoms with Crippen molar-refractivity contribution in [3.63, 3.8) is 0 Å². The van der Waals surface area contributed by atoms with Crippen molar-refractivity contribution in [1.82, 2.24) is 19.8 Å². The summed E-state index contributed by atoms with van der Waals surface area (Å²) in [5.74, 6) is 0.830. The van der Waals surface area contributed by atoms with Gasteiger partial charge in [-0.1, -0.05) is 11.6 Å². The average Bonchev–Trinajstić information content (AvgIpc) is 3.45. The van der Waals surface area contributed by atoms with Gasteiger partial charge >= 0.3 is 0 Å². The number of anilines is 1. The van der Waals surface area contributed by atoms with Crippen LogP contribution in [0.3, 0.4) is 0 Å². The van der Waals surface area contributed by atoms with Crippen molar-refractivity contribution in [1.29, 1.82) is 0 Å². The molecule has 3 aliphatic heterocycles. The zero-order chi connectivity index (χ0) is 24.1. The van der Waals surface area contributed by atoms with Crippen molar-refractivity contribution in [3.05, 3.63) is 62.8 Å². The number of benzene rings is 1. The van der Waals surface area contributed by atoms with Crippen LogP contribution in [0, 0.1) is 11.7 Å². The lowest BCUT2D eigenvalue weighted by atomic mass is 9.98. The summed E-state index contributed by atoms with van der Waals surface area (Å²) in [7, 11) is 0. The molecular weight excluding hydrogens is 473 g/mol.